The molecule has 0 saturated heterocycles. The Balaban J connectivity index is 2.79. The molecule has 6 heteroatoms. The second-order valence-corrected chi connectivity index (χ2v) is 5.99. The van der Waals surface area contributed by atoms with Crippen LogP contribution in [0.5, 0.6) is 0 Å². The summed E-state index contributed by atoms with van der Waals surface area (Å²) in [4.78, 5) is 3.89. The number of nitrogens with two attached hydrogens (primary N) is 1. The summed E-state index contributed by atoms with van der Waals surface area (Å²) in [6.07, 6.45) is 3.15. The topological polar surface area (TPSA) is 73.1 Å². The standard InChI is InChI=1S/C8H11BrN2O2S/c9-8-3-7(4-11-5-8)6-14(12,13)2-1-10/h3-5H,1-2,6,10H2. The average molecular weight is 279 g/mol. The summed E-state index contributed by atoms with van der Waals surface area (Å²) in [5.74, 6) is 0.0101. The Morgan fingerprint density at radius 2 is 2.14 bits per heavy atom. The fourth-order valence-electron chi connectivity index (χ4n) is 1.04. The molecule has 4 nitrogen and oxygen atoms in total. The molecule has 0 amide bonds. The van der Waals surface area contributed by atoms with Gasteiger partial charge >= 0.3 is 0 Å². The number of pyridine rings is 1. The third-order valence-corrected chi connectivity index (χ3v) is 3.64. The minimum atomic E-state index is -3.09. The van der Waals surface area contributed by atoms with Gasteiger partial charge in [0.05, 0.1) is 11.5 Å². The van der Waals surface area contributed by atoms with E-state index < -0.39 is 9.84 Å². The van der Waals surface area contributed by atoms with E-state index in [2.05, 4.69) is 20.9 Å². The van der Waals surface area contributed by atoms with Gasteiger partial charge in [0.15, 0.2) is 9.84 Å². The van der Waals surface area contributed by atoms with Crippen LogP contribution in [-0.4, -0.2) is 25.7 Å². The fraction of sp³-hybridized carbons (Fsp3) is 0.375. The van der Waals surface area contributed by atoms with Crippen LogP contribution in [0.15, 0.2) is 22.9 Å². The van der Waals surface area contributed by atoms with Gasteiger partial charge in [-0.3, -0.25) is 4.98 Å². The number of halogens is 1. The lowest BCUT2D eigenvalue weighted by molar-refractivity contribution is 0.595. The van der Waals surface area contributed by atoms with Crippen molar-refractivity contribution in [2.45, 2.75) is 5.75 Å². The quantitative estimate of drug-likeness (QED) is 0.881. The molecular weight excluding hydrogens is 268 g/mol. The lowest BCUT2D eigenvalue weighted by Crippen LogP contribution is -2.17. The Labute approximate surface area is 91.6 Å². The first-order chi connectivity index (χ1) is 6.53. The van der Waals surface area contributed by atoms with Crippen LogP contribution in [0.1, 0.15) is 5.56 Å². The van der Waals surface area contributed by atoms with Crippen LogP contribution < -0.4 is 5.73 Å². The molecule has 0 aliphatic rings. The number of sulfone groups is 1. The summed E-state index contributed by atoms with van der Waals surface area (Å²) in [7, 11) is -3.09. The van der Waals surface area contributed by atoms with E-state index >= 15 is 0 Å². The molecule has 0 aromatic carbocycles. The molecule has 0 aliphatic carbocycles. The van der Waals surface area contributed by atoms with Crippen molar-refractivity contribution in [2.24, 2.45) is 5.73 Å². The van der Waals surface area contributed by atoms with E-state index in [-0.39, 0.29) is 18.1 Å². The van der Waals surface area contributed by atoms with Crippen molar-refractivity contribution in [3.63, 3.8) is 0 Å². The molecular formula is C8H11BrN2O2S. The summed E-state index contributed by atoms with van der Waals surface area (Å²) in [6, 6.07) is 1.74. The van der Waals surface area contributed by atoms with Crippen molar-refractivity contribution in [3.05, 3.63) is 28.5 Å². The van der Waals surface area contributed by atoms with Crippen molar-refractivity contribution in [1.29, 1.82) is 0 Å². The highest BCUT2D eigenvalue weighted by atomic mass is 79.9. The van der Waals surface area contributed by atoms with Crippen molar-refractivity contribution in [3.8, 4) is 0 Å². The molecule has 1 heterocycles. The van der Waals surface area contributed by atoms with E-state index in [1.807, 2.05) is 0 Å². The fourth-order valence-corrected chi connectivity index (χ4v) is 2.62. The number of aromatic nitrogens is 1. The molecule has 0 saturated carbocycles. The van der Waals surface area contributed by atoms with Gasteiger partial charge < -0.3 is 5.73 Å². The first-order valence-corrected chi connectivity index (χ1v) is 6.65. The highest BCUT2D eigenvalue weighted by Crippen LogP contribution is 2.12. The third kappa shape index (κ3) is 3.73. The van der Waals surface area contributed by atoms with Gasteiger partial charge in [-0.05, 0) is 27.6 Å². The Morgan fingerprint density at radius 1 is 1.43 bits per heavy atom. The van der Waals surface area contributed by atoms with Crippen LogP contribution in [0.3, 0.4) is 0 Å². The lowest BCUT2D eigenvalue weighted by atomic mass is 10.3. The van der Waals surface area contributed by atoms with E-state index in [1.165, 1.54) is 0 Å². The number of hydrogen-bond donors (Lipinski definition) is 1. The van der Waals surface area contributed by atoms with Gasteiger partial charge in [-0.2, -0.15) is 0 Å². The molecule has 1 aromatic rings. The predicted molar refractivity (Wildman–Crippen MR) is 58.5 cm³/mol. The van der Waals surface area contributed by atoms with E-state index in [0.717, 1.165) is 4.47 Å². The zero-order valence-corrected chi connectivity index (χ0v) is 9.88. The summed E-state index contributed by atoms with van der Waals surface area (Å²) in [5, 5.41) is 0. The van der Waals surface area contributed by atoms with Crippen molar-refractivity contribution < 1.29 is 8.42 Å². The minimum absolute atomic E-state index is 0.00333. The second kappa shape index (κ2) is 4.86. The van der Waals surface area contributed by atoms with E-state index in [1.54, 1.807) is 18.5 Å². The molecule has 0 atom stereocenters. The zero-order valence-electron chi connectivity index (χ0n) is 7.48. The molecule has 78 valence electrons. The Bertz CT molecular complexity index is 406. The molecule has 0 aliphatic heterocycles. The molecule has 0 fully saturated rings. The molecule has 0 bridgehead atoms. The summed E-state index contributed by atoms with van der Waals surface area (Å²) in [6.45, 7) is 0.157. The van der Waals surface area contributed by atoms with Crippen LogP contribution in [0.25, 0.3) is 0 Å². The number of nitrogens with zero attached hydrogens (tertiary/aromatic N) is 1. The average Bonchev–Trinajstić information content (AvgIpc) is 2.02. The Morgan fingerprint density at radius 3 is 2.71 bits per heavy atom. The Hall–Kier alpha value is -0.460. The van der Waals surface area contributed by atoms with Gasteiger partial charge in [-0.25, -0.2) is 8.42 Å². The molecule has 14 heavy (non-hydrogen) atoms. The van der Waals surface area contributed by atoms with Crippen LogP contribution in [0.2, 0.25) is 0 Å². The molecule has 2 N–H and O–H groups in total. The largest absolute Gasteiger partial charge is 0.329 e. The van der Waals surface area contributed by atoms with Gasteiger partial charge in [-0.1, -0.05) is 0 Å². The third-order valence-electron chi connectivity index (χ3n) is 1.58. The van der Waals surface area contributed by atoms with Gasteiger partial charge in [0.2, 0.25) is 0 Å². The normalized spacial score (nSPS) is 11.6. The first-order valence-electron chi connectivity index (χ1n) is 4.03. The van der Waals surface area contributed by atoms with Crippen LogP contribution in [0, 0.1) is 0 Å². The maximum Gasteiger partial charge on any atom is 0.155 e. The SMILES string of the molecule is NCCS(=O)(=O)Cc1cncc(Br)c1. The smallest absolute Gasteiger partial charge is 0.155 e. The highest BCUT2D eigenvalue weighted by Gasteiger charge is 2.10. The van der Waals surface area contributed by atoms with E-state index in [4.69, 9.17) is 5.73 Å². The van der Waals surface area contributed by atoms with Crippen LogP contribution >= 0.6 is 15.9 Å². The molecule has 0 radical (unpaired) electrons. The summed E-state index contributed by atoms with van der Waals surface area (Å²) < 4.78 is 23.6. The summed E-state index contributed by atoms with van der Waals surface area (Å²) in [5.41, 5.74) is 5.87. The second-order valence-electron chi connectivity index (χ2n) is 2.89. The molecule has 0 unspecified atom stereocenters. The maximum atomic E-state index is 11.4. The maximum absolute atomic E-state index is 11.4. The Kier molecular flexibility index (Phi) is 4.03. The van der Waals surface area contributed by atoms with Gasteiger partial charge in [0.25, 0.3) is 0 Å². The van der Waals surface area contributed by atoms with Gasteiger partial charge in [0, 0.05) is 23.4 Å². The van der Waals surface area contributed by atoms with Crippen molar-refractivity contribution >= 4 is 25.8 Å². The lowest BCUT2D eigenvalue weighted by Gasteiger charge is -2.02. The van der Waals surface area contributed by atoms with Gasteiger partial charge in [0.1, 0.15) is 0 Å². The molecule has 0 spiro atoms. The minimum Gasteiger partial charge on any atom is -0.329 e. The molecule has 1 rings (SSSR count). The van der Waals surface area contributed by atoms with Crippen molar-refractivity contribution in [1.82, 2.24) is 4.98 Å². The van der Waals surface area contributed by atoms with E-state index in [0.29, 0.717) is 5.56 Å². The number of rotatable bonds is 4. The van der Waals surface area contributed by atoms with Crippen LogP contribution in [-0.2, 0) is 15.6 Å². The molecule has 1 aromatic heterocycles. The van der Waals surface area contributed by atoms with Crippen LogP contribution in [0.4, 0.5) is 0 Å². The van der Waals surface area contributed by atoms with Gasteiger partial charge in [-0.15, -0.1) is 0 Å². The first kappa shape index (κ1) is 11.6. The zero-order chi connectivity index (χ0) is 10.6. The van der Waals surface area contributed by atoms with Crippen molar-refractivity contribution in [2.75, 3.05) is 12.3 Å². The van der Waals surface area contributed by atoms with E-state index in [9.17, 15) is 8.42 Å². The number of hydrogen-bond acceptors (Lipinski definition) is 4. The predicted octanol–water partition coefficient (Wildman–Crippen LogP) is 0.718. The summed E-state index contributed by atoms with van der Waals surface area (Å²) >= 11 is 3.23. The highest BCUT2D eigenvalue weighted by molar-refractivity contribution is 9.10. The monoisotopic (exact) mass is 278 g/mol.